The van der Waals surface area contributed by atoms with Gasteiger partial charge in [0, 0.05) is 42.8 Å². The van der Waals surface area contributed by atoms with E-state index >= 15 is 0 Å². The summed E-state index contributed by atoms with van der Waals surface area (Å²) in [5, 5.41) is 3.80. The van der Waals surface area contributed by atoms with Crippen molar-refractivity contribution in [2.75, 3.05) is 13.1 Å². The Balaban J connectivity index is 1.71. The summed E-state index contributed by atoms with van der Waals surface area (Å²) in [4.78, 5) is 27.5. The molecule has 0 aliphatic carbocycles. The van der Waals surface area contributed by atoms with E-state index in [-0.39, 0.29) is 17.4 Å². The van der Waals surface area contributed by atoms with E-state index in [2.05, 4.69) is 5.32 Å². The number of para-hydroxylation sites is 1. The number of hydrogen-bond acceptors (Lipinski definition) is 3. The first-order chi connectivity index (χ1) is 13.6. The van der Waals surface area contributed by atoms with Gasteiger partial charge in [0.15, 0.2) is 5.76 Å². The lowest BCUT2D eigenvalue weighted by Gasteiger charge is -2.27. The predicted octanol–water partition coefficient (Wildman–Crippen LogP) is 3.55. The summed E-state index contributed by atoms with van der Waals surface area (Å²) < 4.78 is 7.19. The minimum atomic E-state index is -0.429. The number of carbonyl (C=O) groups excluding carboxylic acids is 2. The van der Waals surface area contributed by atoms with Crippen molar-refractivity contribution in [1.82, 2.24) is 14.8 Å². The van der Waals surface area contributed by atoms with E-state index in [4.69, 9.17) is 4.42 Å². The van der Waals surface area contributed by atoms with Gasteiger partial charge in [-0.1, -0.05) is 18.2 Å². The summed E-state index contributed by atoms with van der Waals surface area (Å²) in [6, 6.07) is 11.2. The van der Waals surface area contributed by atoms with Crippen molar-refractivity contribution in [3.05, 3.63) is 65.9 Å². The Morgan fingerprint density at radius 1 is 1.07 bits per heavy atom. The van der Waals surface area contributed by atoms with Crippen LogP contribution in [0, 0.1) is 0 Å². The first-order valence-electron chi connectivity index (χ1n) is 9.53. The molecule has 1 N–H and O–H groups in total. The van der Waals surface area contributed by atoms with Gasteiger partial charge in [0.2, 0.25) is 0 Å². The van der Waals surface area contributed by atoms with Gasteiger partial charge in [-0.05, 0) is 43.5 Å². The van der Waals surface area contributed by atoms with Crippen molar-refractivity contribution in [3.63, 3.8) is 0 Å². The van der Waals surface area contributed by atoms with E-state index < -0.39 is 5.91 Å². The molecule has 1 saturated heterocycles. The normalized spacial score (nSPS) is 15.0. The lowest BCUT2D eigenvalue weighted by Crippen LogP contribution is -2.41. The van der Waals surface area contributed by atoms with Gasteiger partial charge in [-0.2, -0.15) is 0 Å². The molecule has 0 unspecified atom stereocenters. The number of fused-ring (bicyclic) bond motifs is 1. The molecule has 3 heterocycles. The summed E-state index contributed by atoms with van der Waals surface area (Å²) in [5.41, 5.74) is 2.22. The van der Waals surface area contributed by atoms with Crippen molar-refractivity contribution in [2.45, 2.75) is 19.3 Å². The zero-order chi connectivity index (χ0) is 19.5. The van der Waals surface area contributed by atoms with Crippen molar-refractivity contribution in [2.24, 2.45) is 7.05 Å². The Hall–Kier alpha value is -3.28. The lowest BCUT2D eigenvalue weighted by molar-refractivity contribution is -0.128. The van der Waals surface area contributed by atoms with Gasteiger partial charge in [-0.3, -0.25) is 9.59 Å². The molecule has 4 rings (SSSR count). The summed E-state index contributed by atoms with van der Waals surface area (Å²) in [6.45, 7) is 1.42. The Morgan fingerprint density at radius 2 is 1.86 bits per heavy atom. The molecular weight excluding hydrogens is 354 g/mol. The van der Waals surface area contributed by atoms with E-state index in [1.54, 1.807) is 18.2 Å². The van der Waals surface area contributed by atoms with Crippen LogP contribution in [0.15, 0.2) is 59.0 Å². The quantitative estimate of drug-likeness (QED) is 0.707. The Kier molecular flexibility index (Phi) is 5.02. The number of carbonyl (C=O) groups is 2. The third-order valence-electron chi connectivity index (χ3n) is 5.09. The number of benzene rings is 1. The monoisotopic (exact) mass is 377 g/mol. The first-order valence-corrected chi connectivity index (χ1v) is 9.53. The highest BCUT2D eigenvalue weighted by molar-refractivity contribution is 6.05. The number of piperidine rings is 1. The van der Waals surface area contributed by atoms with Crippen molar-refractivity contribution in [1.29, 1.82) is 0 Å². The summed E-state index contributed by atoms with van der Waals surface area (Å²) >= 11 is 0. The molecule has 3 aromatic rings. The summed E-state index contributed by atoms with van der Waals surface area (Å²) in [5.74, 6) is -0.412. The van der Waals surface area contributed by atoms with E-state index in [1.165, 1.54) is 6.26 Å². The number of furan rings is 1. The molecule has 0 spiro atoms. The van der Waals surface area contributed by atoms with Crippen LogP contribution in [-0.4, -0.2) is 34.4 Å². The maximum Gasteiger partial charge on any atom is 0.291 e. The van der Waals surface area contributed by atoms with E-state index in [9.17, 15) is 9.59 Å². The molecule has 6 nitrogen and oxygen atoms in total. The highest BCUT2D eigenvalue weighted by Crippen LogP contribution is 2.23. The maximum atomic E-state index is 13.2. The number of nitrogens with one attached hydrogen (secondary N) is 1. The second-order valence-corrected chi connectivity index (χ2v) is 7.05. The van der Waals surface area contributed by atoms with Crippen LogP contribution >= 0.6 is 0 Å². The van der Waals surface area contributed by atoms with Gasteiger partial charge >= 0.3 is 0 Å². The fourth-order valence-corrected chi connectivity index (χ4v) is 3.65. The fourth-order valence-electron chi connectivity index (χ4n) is 3.65. The molecule has 0 atom stereocenters. The SMILES string of the molecule is Cn1cc(C=C(NC(=O)c2ccco2)C(=O)N2CCCCC2)c2ccccc21. The minimum Gasteiger partial charge on any atom is -0.459 e. The van der Waals surface area contributed by atoms with Gasteiger partial charge in [0.05, 0.1) is 6.26 Å². The third kappa shape index (κ3) is 3.58. The molecule has 1 aromatic carbocycles. The van der Waals surface area contributed by atoms with E-state index in [0.717, 1.165) is 35.7 Å². The van der Waals surface area contributed by atoms with Gasteiger partial charge in [0.25, 0.3) is 11.8 Å². The molecule has 2 aromatic heterocycles. The predicted molar refractivity (Wildman–Crippen MR) is 108 cm³/mol. The second kappa shape index (κ2) is 7.76. The van der Waals surface area contributed by atoms with Crippen LogP contribution in [-0.2, 0) is 11.8 Å². The third-order valence-corrected chi connectivity index (χ3v) is 5.09. The van der Waals surface area contributed by atoms with Crippen molar-refractivity contribution in [3.8, 4) is 0 Å². The van der Waals surface area contributed by atoms with Gasteiger partial charge in [0.1, 0.15) is 5.70 Å². The lowest BCUT2D eigenvalue weighted by atomic mass is 10.1. The molecule has 1 fully saturated rings. The molecule has 1 aliphatic rings. The van der Waals surface area contributed by atoms with E-state index in [1.807, 2.05) is 47.0 Å². The largest absolute Gasteiger partial charge is 0.459 e. The van der Waals surface area contributed by atoms with Crippen LogP contribution in [0.25, 0.3) is 17.0 Å². The molecule has 0 bridgehead atoms. The van der Waals surface area contributed by atoms with Crippen LogP contribution in [0.2, 0.25) is 0 Å². The van der Waals surface area contributed by atoms with Crippen LogP contribution in [0.5, 0.6) is 0 Å². The molecule has 0 saturated carbocycles. The number of amides is 2. The number of likely N-dealkylation sites (tertiary alicyclic amines) is 1. The summed E-state index contributed by atoms with van der Waals surface area (Å²) in [7, 11) is 1.97. The van der Waals surface area contributed by atoms with Crippen LogP contribution < -0.4 is 5.32 Å². The maximum absolute atomic E-state index is 13.2. The fraction of sp³-hybridized carbons (Fsp3) is 0.273. The van der Waals surface area contributed by atoms with Gasteiger partial charge in [-0.15, -0.1) is 0 Å². The molecule has 2 amide bonds. The minimum absolute atomic E-state index is 0.160. The smallest absolute Gasteiger partial charge is 0.291 e. The topological polar surface area (TPSA) is 67.5 Å². The molecule has 144 valence electrons. The van der Waals surface area contributed by atoms with Gasteiger partial charge in [-0.25, -0.2) is 0 Å². The standard InChI is InChI=1S/C22H23N3O3/c1-24-15-16(17-8-3-4-9-19(17)24)14-18(22(27)25-11-5-2-6-12-25)23-21(26)20-10-7-13-28-20/h3-4,7-10,13-15H,2,5-6,11-12H2,1H3,(H,23,26). The molecule has 0 radical (unpaired) electrons. The molecule has 1 aliphatic heterocycles. The van der Waals surface area contributed by atoms with E-state index in [0.29, 0.717) is 13.1 Å². The summed E-state index contributed by atoms with van der Waals surface area (Å²) in [6.07, 6.45) is 8.27. The highest BCUT2D eigenvalue weighted by Gasteiger charge is 2.23. The zero-order valence-electron chi connectivity index (χ0n) is 15.9. The zero-order valence-corrected chi connectivity index (χ0v) is 15.9. The van der Waals surface area contributed by atoms with Gasteiger partial charge < -0.3 is 19.2 Å². The van der Waals surface area contributed by atoms with Crippen LogP contribution in [0.4, 0.5) is 0 Å². The number of hydrogen-bond donors (Lipinski definition) is 1. The number of nitrogens with zero attached hydrogens (tertiary/aromatic N) is 2. The second-order valence-electron chi connectivity index (χ2n) is 7.05. The van der Waals surface area contributed by atoms with Crippen LogP contribution in [0.1, 0.15) is 35.4 Å². The van der Waals surface area contributed by atoms with Crippen LogP contribution in [0.3, 0.4) is 0 Å². The average molecular weight is 377 g/mol. The molecule has 28 heavy (non-hydrogen) atoms. The Morgan fingerprint density at radius 3 is 2.61 bits per heavy atom. The average Bonchev–Trinajstić information content (AvgIpc) is 3.37. The van der Waals surface area contributed by atoms with Crippen molar-refractivity contribution < 1.29 is 14.0 Å². The number of aryl methyl sites for hydroxylation is 1. The number of rotatable bonds is 4. The first kappa shape index (κ1) is 18.1. The molecular formula is C22H23N3O3. The number of aromatic nitrogens is 1. The van der Waals surface area contributed by atoms with Crippen molar-refractivity contribution >= 4 is 28.8 Å². The molecule has 6 heteroatoms. The Bertz CT molecular complexity index is 1020. The Labute approximate surface area is 163 Å². The highest BCUT2D eigenvalue weighted by atomic mass is 16.3.